The average Bonchev–Trinajstić information content (AvgIpc) is 2.29. The van der Waals surface area contributed by atoms with Gasteiger partial charge in [-0.3, -0.25) is 0 Å². The van der Waals surface area contributed by atoms with Gasteiger partial charge in [-0.05, 0) is 33.1 Å². The lowest BCUT2D eigenvalue weighted by Crippen LogP contribution is -2.33. The van der Waals surface area contributed by atoms with E-state index in [1.165, 1.54) is 0 Å². The fourth-order valence-electron chi connectivity index (χ4n) is 1.50. The van der Waals surface area contributed by atoms with E-state index in [1.807, 2.05) is 12.3 Å². The van der Waals surface area contributed by atoms with Gasteiger partial charge in [0.25, 0.3) is 0 Å². The Hall–Kier alpha value is -0.810. The SMILES string of the molecule is CSc1cc(N(CCCN)C(C)C)ncn1. The zero-order valence-electron chi connectivity index (χ0n) is 10.2. The Balaban J connectivity index is 2.82. The molecular formula is C11H20N4S. The molecule has 0 bridgehead atoms. The fourth-order valence-corrected chi connectivity index (χ4v) is 1.87. The number of anilines is 1. The molecule has 0 unspecified atom stereocenters. The quantitative estimate of drug-likeness (QED) is 0.606. The predicted molar refractivity (Wildman–Crippen MR) is 70.0 cm³/mol. The highest BCUT2D eigenvalue weighted by Crippen LogP contribution is 2.19. The maximum Gasteiger partial charge on any atom is 0.133 e. The van der Waals surface area contributed by atoms with Gasteiger partial charge in [-0.1, -0.05) is 0 Å². The lowest BCUT2D eigenvalue weighted by molar-refractivity contribution is 0.646. The highest BCUT2D eigenvalue weighted by atomic mass is 32.2. The van der Waals surface area contributed by atoms with Crippen molar-refractivity contribution >= 4 is 17.6 Å². The van der Waals surface area contributed by atoms with Crippen LogP contribution in [0.3, 0.4) is 0 Å². The molecule has 4 nitrogen and oxygen atoms in total. The van der Waals surface area contributed by atoms with Gasteiger partial charge in [-0.15, -0.1) is 11.8 Å². The largest absolute Gasteiger partial charge is 0.354 e. The summed E-state index contributed by atoms with van der Waals surface area (Å²) in [5.74, 6) is 0.989. The van der Waals surface area contributed by atoms with Crippen LogP contribution in [0.4, 0.5) is 5.82 Å². The molecule has 0 amide bonds. The molecule has 0 aliphatic carbocycles. The summed E-state index contributed by atoms with van der Waals surface area (Å²) in [6, 6.07) is 2.46. The minimum Gasteiger partial charge on any atom is -0.354 e. The Kier molecular flexibility index (Phi) is 5.55. The van der Waals surface area contributed by atoms with E-state index >= 15 is 0 Å². The van der Waals surface area contributed by atoms with Crippen molar-refractivity contribution in [2.45, 2.75) is 31.3 Å². The molecule has 0 saturated heterocycles. The number of nitrogens with two attached hydrogens (primary N) is 1. The Morgan fingerprint density at radius 1 is 1.44 bits per heavy atom. The van der Waals surface area contributed by atoms with E-state index in [2.05, 4.69) is 28.7 Å². The maximum absolute atomic E-state index is 5.55. The number of aromatic nitrogens is 2. The number of hydrogen-bond donors (Lipinski definition) is 1. The second-order valence-electron chi connectivity index (χ2n) is 3.85. The Labute approximate surface area is 102 Å². The standard InChI is InChI=1S/C11H20N4S/c1-9(2)15(6-4-5-12)10-7-11(16-3)14-8-13-10/h7-9H,4-6,12H2,1-3H3. The topological polar surface area (TPSA) is 55.0 Å². The normalized spacial score (nSPS) is 10.8. The summed E-state index contributed by atoms with van der Waals surface area (Å²) in [6.07, 6.45) is 4.63. The van der Waals surface area contributed by atoms with E-state index in [1.54, 1.807) is 18.1 Å². The van der Waals surface area contributed by atoms with Crippen molar-refractivity contribution in [1.82, 2.24) is 9.97 Å². The molecule has 1 heterocycles. The molecule has 90 valence electrons. The van der Waals surface area contributed by atoms with Crippen LogP contribution in [0.5, 0.6) is 0 Å². The summed E-state index contributed by atoms with van der Waals surface area (Å²) in [6.45, 7) is 5.98. The lowest BCUT2D eigenvalue weighted by atomic mass is 10.3. The van der Waals surface area contributed by atoms with Crippen LogP contribution in [0, 0.1) is 0 Å². The molecule has 16 heavy (non-hydrogen) atoms. The van der Waals surface area contributed by atoms with Crippen LogP contribution in [-0.4, -0.2) is 35.4 Å². The number of rotatable bonds is 6. The molecule has 0 saturated carbocycles. The highest BCUT2D eigenvalue weighted by molar-refractivity contribution is 7.98. The molecule has 0 aliphatic rings. The van der Waals surface area contributed by atoms with Gasteiger partial charge in [0.15, 0.2) is 0 Å². The summed E-state index contributed by atoms with van der Waals surface area (Å²) >= 11 is 1.63. The smallest absolute Gasteiger partial charge is 0.133 e. The van der Waals surface area contributed by atoms with Crippen LogP contribution < -0.4 is 10.6 Å². The van der Waals surface area contributed by atoms with E-state index in [0.29, 0.717) is 12.6 Å². The first-order valence-corrected chi connectivity index (χ1v) is 6.74. The summed E-state index contributed by atoms with van der Waals surface area (Å²) in [5.41, 5.74) is 5.55. The first-order chi connectivity index (χ1) is 7.69. The van der Waals surface area contributed by atoms with Gasteiger partial charge in [0.05, 0.1) is 0 Å². The molecule has 5 heteroatoms. The monoisotopic (exact) mass is 240 g/mol. The molecule has 1 aromatic rings. The zero-order chi connectivity index (χ0) is 12.0. The van der Waals surface area contributed by atoms with Crippen molar-refractivity contribution in [3.63, 3.8) is 0 Å². The van der Waals surface area contributed by atoms with Gasteiger partial charge in [0, 0.05) is 18.7 Å². The van der Waals surface area contributed by atoms with Crippen LogP contribution in [-0.2, 0) is 0 Å². The minimum atomic E-state index is 0.427. The minimum absolute atomic E-state index is 0.427. The van der Waals surface area contributed by atoms with Crippen LogP contribution in [0.25, 0.3) is 0 Å². The van der Waals surface area contributed by atoms with E-state index in [4.69, 9.17) is 5.73 Å². The lowest BCUT2D eigenvalue weighted by Gasteiger charge is -2.27. The van der Waals surface area contributed by atoms with Gasteiger partial charge in [-0.2, -0.15) is 0 Å². The molecule has 0 radical (unpaired) electrons. The Morgan fingerprint density at radius 3 is 2.75 bits per heavy atom. The average molecular weight is 240 g/mol. The number of thioether (sulfide) groups is 1. The first-order valence-electron chi connectivity index (χ1n) is 5.51. The fraction of sp³-hybridized carbons (Fsp3) is 0.636. The van der Waals surface area contributed by atoms with Crippen LogP contribution in [0.15, 0.2) is 17.4 Å². The predicted octanol–water partition coefficient (Wildman–Crippen LogP) is 1.76. The third-order valence-corrected chi connectivity index (χ3v) is 3.00. The molecule has 1 aromatic heterocycles. The molecule has 0 aliphatic heterocycles. The van der Waals surface area contributed by atoms with Gasteiger partial charge in [-0.25, -0.2) is 9.97 Å². The van der Waals surface area contributed by atoms with Crippen LogP contribution >= 0.6 is 11.8 Å². The van der Waals surface area contributed by atoms with Crippen molar-refractivity contribution in [1.29, 1.82) is 0 Å². The van der Waals surface area contributed by atoms with Gasteiger partial charge < -0.3 is 10.6 Å². The maximum atomic E-state index is 5.55. The number of nitrogens with zero attached hydrogens (tertiary/aromatic N) is 3. The van der Waals surface area contributed by atoms with E-state index in [0.717, 1.165) is 23.8 Å². The highest BCUT2D eigenvalue weighted by Gasteiger charge is 2.11. The Bertz CT molecular complexity index is 317. The molecular weight excluding hydrogens is 220 g/mol. The first kappa shape index (κ1) is 13.3. The zero-order valence-corrected chi connectivity index (χ0v) is 11.0. The second-order valence-corrected chi connectivity index (χ2v) is 4.67. The van der Waals surface area contributed by atoms with Crippen molar-refractivity contribution < 1.29 is 0 Å². The third-order valence-electron chi connectivity index (χ3n) is 2.36. The van der Waals surface area contributed by atoms with Gasteiger partial charge in [0.2, 0.25) is 0 Å². The van der Waals surface area contributed by atoms with E-state index in [9.17, 15) is 0 Å². The van der Waals surface area contributed by atoms with Crippen molar-refractivity contribution in [2.24, 2.45) is 5.73 Å². The summed E-state index contributed by atoms with van der Waals surface area (Å²) in [7, 11) is 0. The van der Waals surface area contributed by atoms with E-state index < -0.39 is 0 Å². The van der Waals surface area contributed by atoms with E-state index in [-0.39, 0.29) is 0 Å². The molecule has 0 fully saturated rings. The van der Waals surface area contributed by atoms with Crippen molar-refractivity contribution in [3.05, 3.63) is 12.4 Å². The molecule has 0 spiro atoms. The molecule has 0 aromatic carbocycles. The van der Waals surface area contributed by atoms with Crippen molar-refractivity contribution in [2.75, 3.05) is 24.2 Å². The summed E-state index contributed by atoms with van der Waals surface area (Å²) in [4.78, 5) is 10.8. The molecule has 2 N–H and O–H groups in total. The molecule has 1 rings (SSSR count). The third kappa shape index (κ3) is 3.64. The van der Waals surface area contributed by atoms with Crippen molar-refractivity contribution in [3.8, 4) is 0 Å². The van der Waals surface area contributed by atoms with Gasteiger partial charge in [0.1, 0.15) is 17.2 Å². The van der Waals surface area contributed by atoms with Crippen LogP contribution in [0.1, 0.15) is 20.3 Å². The molecule has 0 atom stereocenters. The van der Waals surface area contributed by atoms with Gasteiger partial charge >= 0.3 is 0 Å². The number of hydrogen-bond acceptors (Lipinski definition) is 5. The Morgan fingerprint density at radius 2 is 2.19 bits per heavy atom. The second kappa shape index (κ2) is 6.70. The summed E-state index contributed by atoms with van der Waals surface area (Å²) < 4.78 is 0. The summed E-state index contributed by atoms with van der Waals surface area (Å²) in [5, 5.41) is 1.00. The van der Waals surface area contributed by atoms with Crippen LogP contribution in [0.2, 0.25) is 0 Å².